The smallest absolute Gasteiger partial charge is 0.307 e. The number of hydrogen-bond donors (Lipinski definition) is 2. The van der Waals surface area contributed by atoms with Crippen LogP contribution in [0.15, 0.2) is 17.2 Å². The Balaban J connectivity index is 1.38. The first-order chi connectivity index (χ1) is 14.8. The summed E-state index contributed by atoms with van der Waals surface area (Å²) in [6, 6.07) is 3.39. The molecule has 166 valence electrons. The average molecular weight is 444 g/mol. The van der Waals surface area contributed by atoms with Crippen LogP contribution < -0.4 is 10.0 Å². The lowest BCUT2D eigenvalue weighted by Gasteiger charge is -2.16. The van der Waals surface area contributed by atoms with E-state index in [9.17, 15) is 13.2 Å². The van der Waals surface area contributed by atoms with Crippen molar-refractivity contribution in [1.29, 1.82) is 0 Å². The van der Waals surface area contributed by atoms with Gasteiger partial charge in [0.25, 0.3) is 10.0 Å². The zero-order valence-corrected chi connectivity index (χ0v) is 18.9. The molecule has 5 rings (SSSR count). The highest BCUT2D eigenvalue weighted by molar-refractivity contribution is 7.90. The van der Waals surface area contributed by atoms with Gasteiger partial charge in [0.15, 0.2) is 5.03 Å². The lowest BCUT2D eigenvalue weighted by atomic mass is 9.99. The quantitative estimate of drug-likeness (QED) is 0.716. The third kappa shape index (κ3) is 3.96. The first-order valence-corrected chi connectivity index (χ1v) is 12.5. The number of fused-ring (bicyclic) bond motifs is 2. The molecular formula is C22H29N5O3S. The van der Waals surface area contributed by atoms with E-state index < -0.39 is 16.1 Å². The van der Waals surface area contributed by atoms with Crippen molar-refractivity contribution in [3.63, 3.8) is 0 Å². The van der Waals surface area contributed by atoms with Crippen LogP contribution in [0, 0.1) is 0 Å². The van der Waals surface area contributed by atoms with Gasteiger partial charge in [0.2, 0.25) is 0 Å². The lowest BCUT2D eigenvalue weighted by molar-refractivity contribution is 0.256. The van der Waals surface area contributed by atoms with Crippen LogP contribution in [0.25, 0.3) is 0 Å². The molecule has 9 heteroatoms. The minimum Gasteiger partial charge on any atom is -0.307 e. The zero-order valence-electron chi connectivity index (χ0n) is 18.1. The van der Waals surface area contributed by atoms with E-state index in [2.05, 4.69) is 21.2 Å². The number of nitrogens with one attached hydrogen (secondary N) is 2. The van der Waals surface area contributed by atoms with Crippen molar-refractivity contribution in [3.8, 4) is 0 Å². The number of carbonyl (C=O) groups is 1. The van der Waals surface area contributed by atoms with Crippen molar-refractivity contribution in [2.24, 2.45) is 0 Å². The molecule has 31 heavy (non-hydrogen) atoms. The number of amides is 2. The Kier molecular flexibility index (Phi) is 5.05. The van der Waals surface area contributed by atoms with Gasteiger partial charge in [-0.1, -0.05) is 6.07 Å². The molecule has 0 bridgehead atoms. The summed E-state index contributed by atoms with van der Waals surface area (Å²) in [5, 5.41) is 7.12. The summed E-state index contributed by atoms with van der Waals surface area (Å²) in [7, 11) is -0.201. The molecule has 0 spiro atoms. The number of nitrogens with zero attached hydrogens (tertiary/aromatic N) is 3. The molecule has 2 N–H and O–H groups in total. The summed E-state index contributed by atoms with van der Waals surface area (Å²) >= 11 is 0. The fraction of sp³-hybridized carbons (Fsp3) is 0.545. The Morgan fingerprint density at radius 3 is 2.32 bits per heavy atom. The molecule has 2 aromatic rings. The van der Waals surface area contributed by atoms with Gasteiger partial charge in [0.05, 0.1) is 11.7 Å². The summed E-state index contributed by atoms with van der Waals surface area (Å²) in [4.78, 5) is 14.7. The van der Waals surface area contributed by atoms with E-state index in [-0.39, 0.29) is 11.1 Å². The van der Waals surface area contributed by atoms with Crippen LogP contribution in [0.2, 0.25) is 0 Å². The summed E-state index contributed by atoms with van der Waals surface area (Å²) in [5.41, 5.74) is 6.57. The van der Waals surface area contributed by atoms with Crippen molar-refractivity contribution in [1.82, 2.24) is 19.4 Å². The molecule has 8 nitrogen and oxygen atoms in total. The molecule has 1 aromatic carbocycles. The van der Waals surface area contributed by atoms with E-state index in [4.69, 9.17) is 0 Å². The Morgan fingerprint density at radius 2 is 1.74 bits per heavy atom. The van der Waals surface area contributed by atoms with Crippen molar-refractivity contribution in [2.45, 2.75) is 69.0 Å². The Hall–Kier alpha value is -2.39. The number of aryl methyl sites for hydroxylation is 2. The van der Waals surface area contributed by atoms with Crippen LogP contribution in [-0.2, 0) is 42.3 Å². The van der Waals surface area contributed by atoms with Gasteiger partial charge >= 0.3 is 6.03 Å². The Labute approximate surface area is 183 Å². The zero-order chi connectivity index (χ0) is 21.8. The molecule has 0 atom stereocenters. The number of rotatable bonds is 6. The molecule has 0 radical (unpaired) electrons. The van der Waals surface area contributed by atoms with Crippen LogP contribution in [0.4, 0.5) is 10.5 Å². The maximum atomic E-state index is 12.9. The molecule has 1 fully saturated rings. The van der Waals surface area contributed by atoms with Crippen LogP contribution in [0.5, 0.6) is 0 Å². The first kappa shape index (κ1) is 20.5. The molecule has 2 amide bonds. The van der Waals surface area contributed by atoms with Crippen molar-refractivity contribution < 1.29 is 13.2 Å². The number of aromatic nitrogens is 2. The van der Waals surface area contributed by atoms with Gasteiger partial charge in [-0.05, 0) is 87.7 Å². The number of sulfonamides is 1. The van der Waals surface area contributed by atoms with Gasteiger partial charge < -0.3 is 10.2 Å². The van der Waals surface area contributed by atoms with Gasteiger partial charge in [-0.25, -0.2) is 9.52 Å². The molecule has 0 aliphatic heterocycles. The summed E-state index contributed by atoms with van der Waals surface area (Å²) in [6.45, 7) is 0.591. The normalized spacial score (nSPS) is 17.6. The molecule has 0 unspecified atom stereocenters. The molecule has 1 saturated carbocycles. The number of hydrogen-bond acceptors (Lipinski definition) is 5. The van der Waals surface area contributed by atoms with Crippen molar-refractivity contribution >= 4 is 21.7 Å². The van der Waals surface area contributed by atoms with Crippen LogP contribution >= 0.6 is 0 Å². The fourth-order valence-corrected chi connectivity index (χ4v) is 5.78. The first-order valence-electron chi connectivity index (χ1n) is 11.1. The minimum absolute atomic E-state index is 0.102. The van der Waals surface area contributed by atoms with E-state index in [0.29, 0.717) is 6.54 Å². The average Bonchev–Trinajstić information content (AvgIpc) is 3.08. The second-order valence-electron chi connectivity index (χ2n) is 9.18. The van der Waals surface area contributed by atoms with E-state index in [1.54, 1.807) is 10.7 Å². The molecule has 0 saturated heterocycles. The van der Waals surface area contributed by atoms with Crippen molar-refractivity contribution in [2.75, 3.05) is 19.4 Å². The van der Waals surface area contributed by atoms with Crippen LogP contribution in [0.1, 0.15) is 59.7 Å². The predicted molar refractivity (Wildman–Crippen MR) is 118 cm³/mol. The van der Waals surface area contributed by atoms with Gasteiger partial charge in [-0.2, -0.15) is 13.5 Å². The highest BCUT2D eigenvalue weighted by Gasteiger charge is 2.31. The van der Waals surface area contributed by atoms with Gasteiger partial charge in [0, 0.05) is 18.3 Å². The maximum Gasteiger partial charge on any atom is 0.333 e. The standard InChI is InChI=1S/C22H29N5O3S/c1-26(2)13-17-12-20(24-27(17)16-9-10-16)31(29,30)25-22(28)23-21-18-7-3-5-14(18)11-15-6-4-8-19(15)21/h11-12,16H,3-10,13H2,1-2H3,(H2,23,25,28). The summed E-state index contributed by atoms with van der Waals surface area (Å²) < 4.78 is 29.9. The molecule has 3 aliphatic carbocycles. The van der Waals surface area contributed by atoms with Crippen molar-refractivity contribution in [3.05, 3.63) is 40.1 Å². The van der Waals surface area contributed by atoms with Gasteiger partial charge in [-0.15, -0.1) is 0 Å². The summed E-state index contributed by atoms with van der Waals surface area (Å²) in [5.74, 6) is 0. The van der Waals surface area contributed by atoms with Gasteiger partial charge in [-0.3, -0.25) is 4.68 Å². The minimum atomic E-state index is -4.06. The topological polar surface area (TPSA) is 96.3 Å². The number of carbonyl (C=O) groups excluding carboxylic acids is 1. The van der Waals surface area contributed by atoms with E-state index in [1.807, 2.05) is 19.0 Å². The fourth-order valence-electron chi connectivity index (χ4n) is 4.90. The monoisotopic (exact) mass is 443 g/mol. The molecular weight excluding hydrogens is 414 g/mol. The van der Waals surface area contributed by atoms with Crippen LogP contribution in [-0.4, -0.2) is 43.2 Å². The highest BCUT2D eigenvalue weighted by Crippen LogP contribution is 2.39. The Bertz CT molecular complexity index is 1120. The molecule has 3 aliphatic rings. The third-order valence-corrected chi connectivity index (χ3v) is 7.58. The second kappa shape index (κ2) is 7.63. The van der Waals surface area contributed by atoms with E-state index in [0.717, 1.165) is 62.7 Å². The Morgan fingerprint density at radius 1 is 1.10 bits per heavy atom. The van der Waals surface area contributed by atoms with E-state index in [1.165, 1.54) is 22.3 Å². The molecule has 1 aromatic heterocycles. The largest absolute Gasteiger partial charge is 0.333 e. The predicted octanol–water partition coefficient (Wildman–Crippen LogP) is 2.77. The number of urea groups is 1. The summed E-state index contributed by atoms with van der Waals surface area (Å²) in [6.07, 6.45) is 8.02. The molecule has 1 heterocycles. The SMILES string of the molecule is CN(C)Cc1cc(S(=O)(=O)NC(=O)Nc2c3c(cc4c2CCC4)CCC3)nn1C1CC1. The number of anilines is 1. The highest BCUT2D eigenvalue weighted by atomic mass is 32.2. The maximum absolute atomic E-state index is 12.9. The second-order valence-corrected chi connectivity index (χ2v) is 10.8. The number of benzene rings is 1. The van der Waals surface area contributed by atoms with E-state index >= 15 is 0 Å². The van der Waals surface area contributed by atoms with Gasteiger partial charge in [0.1, 0.15) is 0 Å². The third-order valence-electron chi connectivity index (χ3n) is 6.38. The van der Waals surface area contributed by atoms with Crippen LogP contribution in [0.3, 0.4) is 0 Å². The lowest BCUT2D eigenvalue weighted by Crippen LogP contribution is -2.35.